The number of benzene rings is 1. The van der Waals surface area contributed by atoms with E-state index in [1.165, 1.54) is 12.8 Å². The summed E-state index contributed by atoms with van der Waals surface area (Å²) >= 11 is 0. The van der Waals surface area contributed by atoms with Crippen LogP contribution in [0.2, 0.25) is 0 Å². The van der Waals surface area contributed by atoms with Crippen LogP contribution in [0.1, 0.15) is 38.5 Å². The number of rotatable bonds is 4. The Bertz CT molecular complexity index is 1120. The Morgan fingerprint density at radius 2 is 1.66 bits per heavy atom. The molecule has 2 aliphatic rings. The van der Waals surface area contributed by atoms with Gasteiger partial charge in [-0.25, -0.2) is 10.1 Å². The highest BCUT2D eigenvalue weighted by Crippen LogP contribution is 2.27. The predicted molar refractivity (Wildman–Crippen MR) is 126 cm³/mol. The van der Waals surface area contributed by atoms with Crippen molar-refractivity contribution in [2.45, 2.75) is 44.6 Å². The summed E-state index contributed by atoms with van der Waals surface area (Å²) in [6, 6.07) is 8.11. The minimum absolute atomic E-state index is 0.191. The monoisotopic (exact) mass is 435 g/mol. The molecule has 5 rings (SSSR count). The van der Waals surface area contributed by atoms with Gasteiger partial charge in [-0.15, -0.1) is 0 Å². The van der Waals surface area contributed by atoms with E-state index in [9.17, 15) is 9.90 Å². The van der Waals surface area contributed by atoms with Crippen LogP contribution < -0.4 is 20.7 Å². The molecule has 2 saturated heterocycles. The first-order chi connectivity index (χ1) is 15.7. The van der Waals surface area contributed by atoms with E-state index in [1.54, 1.807) is 6.20 Å². The van der Waals surface area contributed by atoms with E-state index in [0.717, 1.165) is 63.2 Å². The standard InChI is InChI=1S/C23H29N7O2/c31-18-9-13-29(14-10-18)17-7-5-16(6-8-17)25-21-20-19(15-24-28-22(20)32)26-23(27-21)30-11-3-1-2-4-12-30/h5-8,15,18,31H,1-4,9-14H2,(H,28,32)(H,25,26,27). The minimum Gasteiger partial charge on any atom is -0.393 e. The average molecular weight is 436 g/mol. The van der Waals surface area contributed by atoms with E-state index in [0.29, 0.717) is 22.7 Å². The molecule has 3 aromatic rings. The second-order valence-corrected chi connectivity index (χ2v) is 8.62. The van der Waals surface area contributed by atoms with Crippen LogP contribution in [0.15, 0.2) is 35.3 Å². The highest BCUT2D eigenvalue weighted by molar-refractivity contribution is 5.90. The quantitative estimate of drug-likeness (QED) is 0.574. The smallest absolute Gasteiger partial charge is 0.277 e. The first kappa shape index (κ1) is 20.7. The number of nitrogens with zero attached hydrogens (tertiary/aromatic N) is 5. The maximum absolute atomic E-state index is 12.5. The highest BCUT2D eigenvalue weighted by atomic mass is 16.3. The summed E-state index contributed by atoms with van der Waals surface area (Å²) in [5, 5.41) is 19.9. The van der Waals surface area contributed by atoms with Gasteiger partial charge < -0.3 is 20.2 Å². The molecule has 1 aromatic carbocycles. The van der Waals surface area contributed by atoms with Gasteiger partial charge in [-0.1, -0.05) is 12.8 Å². The molecule has 168 valence electrons. The third-order valence-electron chi connectivity index (χ3n) is 6.35. The molecule has 2 aromatic heterocycles. The largest absolute Gasteiger partial charge is 0.393 e. The van der Waals surface area contributed by atoms with Gasteiger partial charge in [0.25, 0.3) is 5.56 Å². The average Bonchev–Trinajstić information content (AvgIpc) is 3.10. The number of piperidine rings is 1. The fourth-order valence-electron chi connectivity index (χ4n) is 4.51. The van der Waals surface area contributed by atoms with Gasteiger partial charge in [0.15, 0.2) is 0 Å². The van der Waals surface area contributed by atoms with Gasteiger partial charge in [0.1, 0.15) is 16.7 Å². The number of hydrogen-bond acceptors (Lipinski definition) is 8. The van der Waals surface area contributed by atoms with Crippen LogP contribution in [0.5, 0.6) is 0 Å². The van der Waals surface area contributed by atoms with Crippen molar-refractivity contribution in [3.63, 3.8) is 0 Å². The van der Waals surface area contributed by atoms with Gasteiger partial charge in [-0.3, -0.25) is 4.79 Å². The SMILES string of the molecule is O=c1[nH]ncc2nc(N3CCCCCC3)nc(Nc3ccc(N4CCC(O)CC4)cc3)c12. The Labute approximate surface area is 186 Å². The number of aliphatic hydroxyl groups is 1. The van der Waals surface area contributed by atoms with Gasteiger partial charge in [0.2, 0.25) is 5.95 Å². The molecule has 9 nitrogen and oxygen atoms in total. The van der Waals surface area contributed by atoms with E-state index in [2.05, 4.69) is 42.4 Å². The number of H-pyrrole nitrogens is 1. The van der Waals surface area contributed by atoms with Gasteiger partial charge in [-0.2, -0.15) is 10.1 Å². The van der Waals surface area contributed by atoms with Crippen LogP contribution >= 0.6 is 0 Å². The fraction of sp³-hybridized carbons (Fsp3) is 0.478. The van der Waals surface area contributed by atoms with Crippen molar-refractivity contribution >= 4 is 34.0 Å². The Hall–Kier alpha value is -3.20. The molecule has 0 saturated carbocycles. The number of aromatic nitrogens is 4. The molecule has 0 spiro atoms. The number of fused-ring (bicyclic) bond motifs is 1. The first-order valence-electron chi connectivity index (χ1n) is 11.5. The van der Waals surface area contributed by atoms with Crippen molar-refractivity contribution in [2.75, 3.05) is 41.3 Å². The molecular formula is C23H29N7O2. The molecule has 3 N–H and O–H groups in total. The molecule has 2 aliphatic heterocycles. The van der Waals surface area contributed by atoms with Crippen molar-refractivity contribution < 1.29 is 5.11 Å². The van der Waals surface area contributed by atoms with Crippen LogP contribution in [0.3, 0.4) is 0 Å². The number of aliphatic hydroxyl groups excluding tert-OH is 1. The second kappa shape index (κ2) is 9.12. The Balaban J connectivity index is 1.44. The van der Waals surface area contributed by atoms with Crippen molar-refractivity contribution in [1.29, 1.82) is 0 Å². The summed E-state index contributed by atoms with van der Waals surface area (Å²) in [6.07, 6.45) is 7.66. The molecule has 0 aliphatic carbocycles. The molecule has 0 unspecified atom stereocenters. The lowest BCUT2D eigenvalue weighted by Crippen LogP contribution is -2.35. The summed E-state index contributed by atoms with van der Waals surface area (Å²) in [4.78, 5) is 26.4. The third-order valence-corrected chi connectivity index (χ3v) is 6.35. The fourth-order valence-corrected chi connectivity index (χ4v) is 4.51. The molecule has 0 radical (unpaired) electrons. The first-order valence-corrected chi connectivity index (χ1v) is 11.5. The minimum atomic E-state index is -0.309. The van der Waals surface area contributed by atoms with E-state index in [4.69, 9.17) is 4.98 Å². The van der Waals surface area contributed by atoms with Gasteiger partial charge >= 0.3 is 0 Å². The number of hydrogen-bond donors (Lipinski definition) is 3. The molecule has 2 fully saturated rings. The Morgan fingerprint density at radius 1 is 0.938 bits per heavy atom. The summed E-state index contributed by atoms with van der Waals surface area (Å²) < 4.78 is 0. The van der Waals surface area contributed by atoms with E-state index in [1.807, 2.05) is 12.1 Å². The number of anilines is 4. The second-order valence-electron chi connectivity index (χ2n) is 8.62. The van der Waals surface area contributed by atoms with E-state index < -0.39 is 0 Å². The topological polar surface area (TPSA) is 110 Å². The van der Waals surface area contributed by atoms with Crippen LogP contribution in [-0.4, -0.2) is 57.6 Å². The molecule has 0 amide bonds. The predicted octanol–water partition coefficient (Wildman–Crippen LogP) is 2.80. The molecule has 0 atom stereocenters. The van der Waals surface area contributed by atoms with Crippen molar-refractivity contribution in [2.24, 2.45) is 0 Å². The van der Waals surface area contributed by atoms with Gasteiger partial charge in [0, 0.05) is 37.6 Å². The van der Waals surface area contributed by atoms with E-state index >= 15 is 0 Å². The van der Waals surface area contributed by atoms with Gasteiger partial charge in [-0.05, 0) is 49.9 Å². The maximum atomic E-state index is 12.5. The number of nitrogens with one attached hydrogen (secondary N) is 2. The van der Waals surface area contributed by atoms with Crippen LogP contribution in [0.25, 0.3) is 10.9 Å². The Morgan fingerprint density at radius 3 is 2.38 bits per heavy atom. The van der Waals surface area contributed by atoms with Crippen molar-refractivity contribution in [1.82, 2.24) is 20.2 Å². The third kappa shape index (κ3) is 4.38. The van der Waals surface area contributed by atoms with Crippen molar-refractivity contribution in [3.8, 4) is 0 Å². The molecule has 9 heteroatoms. The zero-order chi connectivity index (χ0) is 21.9. The molecular weight excluding hydrogens is 406 g/mol. The summed E-state index contributed by atoms with van der Waals surface area (Å²) in [5.41, 5.74) is 2.20. The van der Waals surface area contributed by atoms with Crippen LogP contribution in [0.4, 0.5) is 23.1 Å². The normalized spacial score (nSPS) is 18.0. The summed E-state index contributed by atoms with van der Waals surface area (Å²) in [7, 11) is 0. The highest BCUT2D eigenvalue weighted by Gasteiger charge is 2.19. The van der Waals surface area contributed by atoms with Crippen molar-refractivity contribution in [3.05, 3.63) is 40.8 Å². The molecule has 32 heavy (non-hydrogen) atoms. The molecule has 4 heterocycles. The van der Waals surface area contributed by atoms with Crippen LogP contribution in [0, 0.1) is 0 Å². The van der Waals surface area contributed by atoms with E-state index in [-0.39, 0.29) is 11.7 Å². The zero-order valence-corrected chi connectivity index (χ0v) is 18.1. The summed E-state index contributed by atoms with van der Waals surface area (Å²) in [5.74, 6) is 1.13. The lowest BCUT2D eigenvalue weighted by atomic mass is 10.1. The lowest BCUT2D eigenvalue weighted by molar-refractivity contribution is 0.145. The van der Waals surface area contributed by atoms with Gasteiger partial charge in [0.05, 0.1) is 12.3 Å². The summed E-state index contributed by atoms with van der Waals surface area (Å²) in [6.45, 7) is 3.54. The maximum Gasteiger partial charge on any atom is 0.277 e. The van der Waals surface area contributed by atoms with Crippen LogP contribution in [-0.2, 0) is 0 Å². The molecule has 0 bridgehead atoms. The number of aromatic amines is 1. The Kier molecular flexibility index (Phi) is 5.89. The lowest BCUT2D eigenvalue weighted by Gasteiger charge is -2.31. The zero-order valence-electron chi connectivity index (χ0n) is 18.1.